The van der Waals surface area contributed by atoms with Gasteiger partial charge in [-0.1, -0.05) is 18.6 Å². The molecule has 3 aliphatic heterocycles. The molecule has 0 aromatic heterocycles. The summed E-state index contributed by atoms with van der Waals surface area (Å²) in [5, 5.41) is 2.80. The van der Waals surface area contributed by atoms with E-state index in [0.717, 1.165) is 62.3 Å². The van der Waals surface area contributed by atoms with Gasteiger partial charge >= 0.3 is 0 Å². The molecular formula is C26H38N2O5. The summed E-state index contributed by atoms with van der Waals surface area (Å²) >= 11 is 0. The van der Waals surface area contributed by atoms with E-state index in [0.29, 0.717) is 18.9 Å². The molecule has 2 amide bonds. The van der Waals surface area contributed by atoms with Crippen molar-refractivity contribution in [3.63, 3.8) is 0 Å². The van der Waals surface area contributed by atoms with Crippen molar-refractivity contribution in [3.8, 4) is 11.5 Å². The van der Waals surface area contributed by atoms with Gasteiger partial charge in [0.1, 0.15) is 5.60 Å². The molecule has 1 aromatic rings. The lowest BCUT2D eigenvalue weighted by Crippen LogP contribution is -2.56. The first-order chi connectivity index (χ1) is 15.8. The Hall–Kier alpha value is -2.28. The Morgan fingerprint density at radius 1 is 1.24 bits per heavy atom. The summed E-state index contributed by atoms with van der Waals surface area (Å²) < 4.78 is 18.7. The molecule has 4 atom stereocenters. The number of nitrogens with zero attached hydrogens (tertiary/aromatic N) is 1. The lowest BCUT2D eigenvalue weighted by Gasteiger charge is -2.53. The summed E-state index contributed by atoms with van der Waals surface area (Å²) in [6.07, 6.45) is 5.33. The van der Waals surface area contributed by atoms with E-state index in [9.17, 15) is 9.59 Å². The molecule has 3 heterocycles. The van der Waals surface area contributed by atoms with Crippen LogP contribution in [-0.2, 0) is 14.3 Å². The minimum absolute atomic E-state index is 0.0000520. The predicted molar refractivity (Wildman–Crippen MR) is 125 cm³/mol. The van der Waals surface area contributed by atoms with E-state index in [2.05, 4.69) is 25.2 Å². The summed E-state index contributed by atoms with van der Waals surface area (Å²) in [7, 11) is 1.67. The molecule has 182 valence electrons. The summed E-state index contributed by atoms with van der Waals surface area (Å²) in [5.41, 5.74) is 0.701. The van der Waals surface area contributed by atoms with E-state index in [4.69, 9.17) is 14.2 Å². The van der Waals surface area contributed by atoms with E-state index in [-0.39, 0.29) is 35.5 Å². The summed E-state index contributed by atoms with van der Waals surface area (Å²) in [6, 6.07) is 6.03. The van der Waals surface area contributed by atoms with E-state index in [1.54, 1.807) is 7.11 Å². The number of rotatable bonds is 7. The third-order valence-electron chi connectivity index (χ3n) is 7.50. The molecule has 3 aliphatic rings. The first-order valence-corrected chi connectivity index (χ1v) is 12.3. The van der Waals surface area contributed by atoms with Crippen molar-refractivity contribution in [2.45, 2.75) is 77.1 Å². The fourth-order valence-electron chi connectivity index (χ4n) is 5.68. The number of hydrogen-bond donors (Lipinski definition) is 1. The molecule has 0 saturated carbocycles. The monoisotopic (exact) mass is 458 g/mol. The SMILES string of the molecule is COc1cccc2c1OC(C)(C)[C@@H]1C[C@H]3CN(C(=O)CCCCCNC(C)=O)CC[C@H]3O[C@@H]21. The smallest absolute Gasteiger partial charge is 0.222 e. The zero-order valence-corrected chi connectivity index (χ0v) is 20.4. The van der Waals surface area contributed by atoms with Gasteiger partial charge in [0.2, 0.25) is 11.8 Å². The van der Waals surface area contributed by atoms with Gasteiger partial charge in [-0.25, -0.2) is 0 Å². The van der Waals surface area contributed by atoms with Crippen LogP contribution in [0.3, 0.4) is 0 Å². The quantitative estimate of drug-likeness (QED) is 0.628. The predicted octanol–water partition coefficient (Wildman–Crippen LogP) is 3.86. The Morgan fingerprint density at radius 2 is 2.06 bits per heavy atom. The molecule has 2 fully saturated rings. The second kappa shape index (κ2) is 9.92. The molecule has 0 unspecified atom stereocenters. The number of hydrogen-bond acceptors (Lipinski definition) is 5. The van der Waals surface area contributed by atoms with Crippen LogP contribution in [0.1, 0.15) is 71.0 Å². The molecular weight excluding hydrogens is 420 g/mol. The van der Waals surface area contributed by atoms with Crippen molar-refractivity contribution in [1.82, 2.24) is 10.2 Å². The third kappa shape index (κ3) is 5.13. The number of benzene rings is 1. The van der Waals surface area contributed by atoms with E-state index in [1.165, 1.54) is 6.92 Å². The molecule has 0 radical (unpaired) electrons. The standard InChI is InChI=1S/C26H38N2O5/c1-17(29)27-13-7-5-6-11-23(30)28-14-12-21-18(16-28)15-20-24(32-21)19-9-8-10-22(31-4)25(19)33-26(20,2)3/h8-10,18,20-21,24H,5-7,11-16H2,1-4H3,(H,27,29)/t18-,20+,21+,24-/m0/s1. The average molecular weight is 459 g/mol. The van der Waals surface area contributed by atoms with Gasteiger partial charge in [-0.2, -0.15) is 0 Å². The normalized spacial score (nSPS) is 27.5. The van der Waals surface area contributed by atoms with Crippen LogP contribution in [0.4, 0.5) is 0 Å². The number of carbonyl (C=O) groups excluding carboxylic acids is 2. The van der Waals surface area contributed by atoms with Crippen LogP contribution in [0, 0.1) is 11.8 Å². The molecule has 7 nitrogen and oxygen atoms in total. The molecule has 2 saturated heterocycles. The lowest BCUT2D eigenvalue weighted by atomic mass is 9.70. The number of likely N-dealkylation sites (tertiary alicyclic amines) is 1. The highest BCUT2D eigenvalue weighted by molar-refractivity contribution is 5.76. The molecule has 1 N–H and O–H groups in total. The van der Waals surface area contributed by atoms with Gasteiger partial charge in [-0.15, -0.1) is 0 Å². The average Bonchev–Trinajstić information content (AvgIpc) is 2.79. The van der Waals surface area contributed by atoms with Crippen molar-refractivity contribution in [1.29, 1.82) is 0 Å². The third-order valence-corrected chi connectivity index (χ3v) is 7.50. The van der Waals surface area contributed by atoms with Crippen LogP contribution in [0.2, 0.25) is 0 Å². The highest BCUT2D eigenvalue weighted by Crippen LogP contribution is 2.55. The van der Waals surface area contributed by atoms with E-state index >= 15 is 0 Å². The maximum atomic E-state index is 12.8. The largest absolute Gasteiger partial charge is 0.493 e. The number of unbranched alkanes of at least 4 members (excludes halogenated alkanes) is 2. The lowest BCUT2D eigenvalue weighted by molar-refractivity contribution is -0.189. The zero-order valence-electron chi connectivity index (χ0n) is 20.4. The van der Waals surface area contributed by atoms with Crippen molar-refractivity contribution in [2.75, 3.05) is 26.7 Å². The minimum atomic E-state index is -0.378. The summed E-state index contributed by atoms with van der Waals surface area (Å²) in [4.78, 5) is 25.8. The van der Waals surface area contributed by atoms with E-state index < -0.39 is 0 Å². The molecule has 0 aliphatic carbocycles. The van der Waals surface area contributed by atoms with E-state index in [1.807, 2.05) is 17.0 Å². The zero-order chi connectivity index (χ0) is 23.6. The second-order valence-corrected chi connectivity index (χ2v) is 10.2. The highest BCUT2D eigenvalue weighted by Gasteiger charge is 2.52. The molecule has 7 heteroatoms. The first-order valence-electron chi connectivity index (χ1n) is 12.3. The Bertz CT molecular complexity index is 870. The van der Waals surface area contributed by atoms with Gasteiger partial charge < -0.3 is 24.4 Å². The number of piperidine rings is 1. The Balaban J connectivity index is 1.35. The van der Waals surface area contributed by atoms with Crippen molar-refractivity contribution in [2.24, 2.45) is 11.8 Å². The fourth-order valence-corrected chi connectivity index (χ4v) is 5.68. The van der Waals surface area contributed by atoms with Crippen molar-refractivity contribution >= 4 is 11.8 Å². The van der Waals surface area contributed by atoms with Gasteiger partial charge in [0.25, 0.3) is 0 Å². The number of para-hydroxylation sites is 1. The highest BCUT2D eigenvalue weighted by atomic mass is 16.5. The molecule has 0 spiro atoms. The van der Waals surface area contributed by atoms with Crippen LogP contribution in [0.25, 0.3) is 0 Å². The summed E-state index contributed by atoms with van der Waals surface area (Å²) in [6.45, 7) is 8.00. The van der Waals surface area contributed by atoms with Crippen LogP contribution in [0.15, 0.2) is 18.2 Å². The van der Waals surface area contributed by atoms with Crippen molar-refractivity contribution < 1.29 is 23.8 Å². The minimum Gasteiger partial charge on any atom is -0.493 e. The summed E-state index contributed by atoms with van der Waals surface area (Å²) in [5.74, 6) is 2.35. The topological polar surface area (TPSA) is 77.1 Å². The fraction of sp³-hybridized carbons (Fsp3) is 0.692. The van der Waals surface area contributed by atoms with Gasteiger partial charge in [0.05, 0.1) is 19.3 Å². The van der Waals surface area contributed by atoms with Crippen molar-refractivity contribution in [3.05, 3.63) is 23.8 Å². The number of methoxy groups -OCH3 is 1. The van der Waals surface area contributed by atoms with Crippen LogP contribution < -0.4 is 14.8 Å². The number of carbonyl (C=O) groups is 2. The molecule has 33 heavy (non-hydrogen) atoms. The van der Waals surface area contributed by atoms with Crippen LogP contribution in [0.5, 0.6) is 11.5 Å². The number of fused-ring (bicyclic) bond motifs is 4. The van der Waals surface area contributed by atoms with Gasteiger partial charge in [0.15, 0.2) is 11.5 Å². The van der Waals surface area contributed by atoms with Gasteiger partial charge in [-0.3, -0.25) is 9.59 Å². The Morgan fingerprint density at radius 3 is 2.82 bits per heavy atom. The Labute approximate surface area is 197 Å². The van der Waals surface area contributed by atoms with Gasteiger partial charge in [0, 0.05) is 50.4 Å². The maximum absolute atomic E-state index is 12.8. The molecule has 4 rings (SSSR count). The Kier molecular flexibility index (Phi) is 7.17. The number of nitrogens with one attached hydrogen (secondary N) is 1. The number of ether oxygens (including phenoxy) is 3. The first kappa shape index (κ1) is 23.9. The molecule has 1 aromatic carbocycles. The van der Waals surface area contributed by atoms with Crippen LogP contribution >= 0.6 is 0 Å². The van der Waals surface area contributed by atoms with Crippen LogP contribution in [-0.4, -0.2) is 55.2 Å². The maximum Gasteiger partial charge on any atom is 0.222 e. The molecule has 0 bridgehead atoms. The number of amides is 2. The second-order valence-electron chi connectivity index (χ2n) is 10.2. The van der Waals surface area contributed by atoms with Gasteiger partial charge in [-0.05, 0) is 45.6 Å².